The molecule has 0 atom stereocenters. The summed E-state index contributed by atoms with van der Waals surface area (Å²) in [7, 11) is 0. The van der Waals surface area contributed by atoms with Crippen LogP contribution in [-0.4, -0.2) is 15.0 Å². The van der Waals surface area contributed by atoms with E-state index in [9.17, 15) is 13.2 Å². The lowest BCUT2D eigenvalue weighted by Gasteiger charge is -2.15. The Labute approximate surface area is 147 Å². The molecule has 0 saturated carbocycles. The summed E-state index contributed by atoms with van der Waals surface area (Å²) in [4.78, 5) is 12.2. The molecule has 0 aliphatic heterocycles. The minimum atomic E-state index is -2.72. The number of benzene rings is 1. The molecule has 0 saturated heterocycles. The van der Waals surface area contributed by atoms with Crippen molar-refractivity contribution in [1.82, 2.24) is 15.0 Å². The Morgan fingerprint density at radius 3 is 2.31 bits per heavy atom. The van der Waals surface area contributed by atoms with Gasteiger partial charge in [0.1, 0.15) is 11.5 Å². The van der Waals surface area contributed by atoms with Crippen LogP contribution in [0.15, 0.2) is 36.4 Å². The molecule has 3 rings (SSSR count). The van der Waals surface area contributed by atoms with Gasteiger partial charge in [0.25, 0.3) is 6.43 Å². The first-order valence-corrected chi connectivity index (χ1v) is 7.78. The number of rotatable bonds is 4. The van der Waals surface area contributed by atoms with Crippen molar-refractivity contribution in [3.63, 3.8) is 0 Å². The molecular weight excluding hydrogens is 343 g/mol. The predicted molar refractivity (Wildman–Crippen MR) is 92.7 cm³/mol. The van der Waals surface area contributed by atoms with Gasteiger partial charge < -0.3 is 11.5 Å². The Morgan fingerprint density at radius 2 is 1.69 bits per heavy atom. The Morgan fingerprint density at radius 1 is 1.00 bits per heavy atom. The van der Waals surface area contributed by atoms with Crippen molar-refractivity contribution < 1.29 is 13.2 Å². The van der Waals surface area contributed by atoms with E-state index in [0.717, 1.165) is 0 Å². The lowest BCUT2D eigenvalue weighted by Crippen LogP contribution is -2.09. The number of hydrogen-bond acceptors (Lipinski definition) is 5. The van der Waals surface area contributed by atoms with Crippen LogP contribution in [0.3, 0.4) is 0 Å². The summed E-state index contributed by atoms with van der Waals surface area (Å²) in [6.45, 7) is 1.65. The van der Waals surface area contributed by atoms with E-state index in [2.05, 4.69) is 15.0 Å². The van der Waals surface area contributed by atoms with Crippen LogP contribution in [0.25, 0.3) is 22.4 Å². The first-order valence-electron chi connectivity index (χ1n) is 7.78. The molecule has 0 aliphatic rings. The van der Waals surface area contributed by atoms with Crippen LogP contribution in [-0.2, 0) is 6.54 Å². The Kier molecular flexibility index (Phi) is 4.85. The molecule has 1 aromatic carbocycles. The average Bonchev–Trinajstić information content (AvgIpc) is 2.60. The fourth-order valence-corrected chi connectivity index (χ4v) is 2.74. The predicted octanol–water partition coefficient (Wildman–Crippen LogP) is 3.63. The number of nitrogens with two attached hydrogens (primary N) is 2. The smallest absolute Gasteiger partial charge is 0.280 e. The zero-order valence-electron chi connectivity index (χ0n) is 13.9. The second-order valence-corrected chi connectivity index (χ2v) is 5.69. The SMILES string of the molecule is Cc1cc(-c2c(CN)nc(N)nc2-c2ccc(F)cc2)cc(C(F)F)n1. The van der Waals surface area contributed by atoms with Gasteiger partial charge in [-0.2, -0.15) is 0 Å². The standard InChI is InChI=1S/C18H16F3N5/c1-9-6-11(7-13(24-9)17(20)21)15-14(8-22)25-18(23)26-16(15)10-2-4-12(19)5-3-10/h2-7,17H,8,22H2,1H3,(H2,23,25,26). The van der Waals surface area contributed by atoms with Gasteiger partial charge in [0.05, 0.1) is 11.4 Å². The number of anilines is 1. The fraction of sp³-hybridized carbons (Fsp3) is 0.167. The third kappa shape index (κ3) is 3.50. The highest BCUT2D eigenvalue weighted by Gasteiger charge is 2.19. The van der Waals surface area contributed by atoms with E-state index in [1.54, 1.807) is 13.0 Å². The van der Waals surface area contributed by atoms with Gasteiger partial charge in [-0.05, 0) is 48.9 Å². The van der Waals surface area contributed by atoms with Gasteiger partial charge >= 0.3 is 0 Å². The van der Waals surface area contributed by atoms with Gasteiger partial charge in [0, 0.05) is 23.4 Å². The summed E-state index contributed by atoms with van der Waals surface area (Å²) in [5.74, 6) is -0.412. The summed E-state index contributed by atoms with van der Waals surface area (Å²) in [5.41, 5.74) is 13.9. The number of aromatic nitrogens is 3. The molecule has 0 fully saturated rings. The van der Waals surface area contributed by atoms with Crippen molar-refractivity contribution in [2.24, 2.45) is 5.73 Å². The average molecular weight is 359 g/mol. The molecular formula is C18H16F3N5. The molecule has 4 N–H and O–H groups in total. The first-order chi connectivity index (χ1) is 12.4. The molecule has 0 bridgehead atoms. The van der Waals surface area contributed by atoms with E-state index < -0.39 is 12.2 Å². The number of nitrogens with zero attached hydrogens (tertiary/aromatic N) is 3. The molecule has 0 amide bonds. The number of aryl methyl sites for hydroxylation is 1. The number of halogens is 3. The van der Waals surface area contributed by atoms with Gasteiger partial charge in [0.2, 0.25) is 5.95 Å². The Bertz CT molecular complexity index is 942. The molecule has 0 aliphatic carbocycles. The molecule has 134 valence electrons. The maximum absolute atomic E-state index is 13.3. The van der Waals surface area contributed by atoms with Crippen molar-refractivity contribution in [2.75, 3.05) is 5.73 Å². The minimum Gasteiger partial charge on any atom is -0.368 e. The first kappa shape index (κ1) is 17.8. The summed E-state index contributed by atoms with van der Waals surface area (Å²) in [5, 5.41) is 0. The van der Waals surface area contributed by atoms with Crippen LogP contribution in [0.4, 0.5) is 19.1 Å². The maximum Gasteiger partial charge on any atom is 0.280 e. The van der Waals surface area contributed by atoms with Gasteiger partial charge in [-0.3, -0.25) is 4.98 Å². The van der Waals surface area contributed by atoms with Crippen LogP contribution in [0, 0.1) is 12.7 Å². The molecule has 2 aromatic heterocycles. The summed E-state index contributed by atoms with van der Waals surface area (Å²) in [6, 6.07) is 8.54. The van der Waals surface area contributed by atoms with Crippen molar-refractivity contribution in [3.05, 3.63) is 59.3 Å². The topological polar surface area (TPSA) is 90.7 Å². The van der Waals surface area contributed by atoms with Crippen molar-refractivity contribution >= 4 is 5.95 Å². The van der Waals surface area contributed by atoms with E-state index in [0.29, 0.717) is 33.8 Å². The molecule has 0 spiro atoms. The monoisotopic (exact) mass is 359 g/mol. The van der Waals surface area contributed by atoms with Crippen molar-refractivity contribution in [1.29, 1.82) is 0 Å². The lowest BCUT2D eigenvalue weighted by molar-refractivity contribution is 0.146. The quantitative estimate of drug-likeness (QED) is 0.742. The molecule has 2 heterocycles. The summed E-state index contributed by atoms with van der Waals surface area (Å²) < 4.78 is 39.6. The largest absolute Gasteiger partial charge is 0.368 e. The van der Waals surface area contributed by atoms with E-state index in [4.69, 9.17) is 11.5 Å². The van der Waals surface area contributed by atoms with Gasteiger partial charge in [-0.1, -0.05) is 0 Å². The van der Waals surface area contributed by atoms with Gasteiger partial charge in [-0.25, -0.2) is 23.1 Å². The summed E-state index contributed by atoms with van der Waals surface area (Å²) in [6.07, 6.45) is -2.72. The minimum absolute atomic E-state index is 0.00612. The van der Waals surface area contributed by atoms with E-state index in [1.807, 2.05) is 0 Å². The third-order valence-corrected chi connectivity index (χ3v) is 3.80. The van der Waals surface area contributed by atoms with Crippen LogP contribution < -0.4 is 11.5 Å². The van der Waals surface area contributed by atoms with Gasteiger partial charge in [0.15, 0.2) is 0 Å². The molecule has 0 unspecified atom stereocenters. The lowest BCUT2D eigenvalue weighted by atomic mass is 9.97. The number of hydrogen-bond donors (Lipinski definition) is 2. The molecule has 3 aromatic rings. The van der Waals surface area contributed by atoms with E-state index in [1.165, 1.54) is 30.3 Å². The molecule has 0 radical (unpaired) electrons. The Balaban J connectivity index is 2.31. The van der Waals surface area contributed by atoms with E-state index in [-0.39, 0.29) is 18.2 Å². The van der Waals surface area contributed by atoms with Crippen LogP contribution in [0.1, 0.15) is 23.5 Å². The highest BCUT2D eigenvalue weighted by Crippen LogP contribution is 2.35. The number of nitrogen functional groups attached to an aromatic ring is 1. The normalized spacial score (nSPS) is 11.2. The highest BCUT2D eigenvalue weighted by atomic mass is 19.3. The van der Waals surface area contributed by atoms with Crippen molar-refractivity contribution in [3.8, 4) is 22.4 Å². The molecule has 5 nitrogen and oxygen atoms in total. The van der Waals surface area contributed by atoms with Crippen LogP contribution in [0.2, 0.25) is 0 Å². The van der Waals surface area contributed by atoms with Crippen LogP contribution >= 0.6 is 0 Å². The molecule has 26 heavy (non-hydrogen) atoms. The summed E-state index contributed by atoms with van der Waals surface area (Å²) >= 11 is 0. The zero-order chi connectivity index (χ0) is 18.8. The zero-order valence-corrected chi connectivity index (χ0v) is 13.9. The second kappa shape index (κ2) is 7.09. The van der Waals surface area contributed by atoms with Crippen LogP contribution in [0.5, 0.6) is 0 Å². The highest BCUT2D eigenvalue weighted by molar-refractivity contribution is 5.83. The fourth-order valence-electron chi connectivity index (χ4n) is 2.74. The maximum atomic E-state index is 13.3. The number of alkyl halides is 2. The Hall–Kier alpha value is -3.00. The third-order valence-electron chi connectivity index (χ3n) is 3.80. The second-order valence-electron chi connectivity index (χ2n) is 5.69. The molecule has 8 heteroatoms. The van der Waals surface area contributed by atoms with Gasteiger partial charge in [-0.15, -0.1) is 0 Å². The van der Waals surface area contributed by atoms with E-state index >= 15 is 0 Å². The van der Waals surface area contributed by atoms with Crippen molar-refractivity contribution in [2.45, 2.75) is 19.9 Å². The number of pyridine rings is 1.